The van der Waals surface area contributed by atoms with E-state index < -0.39 is 0 Å². The van der Waals surface area contributed by atoms with Crippen molar-refractivity contribution in [3.05, 3.63) is 60.6 Å². The van der Waals surface area contributed by atoms with Crippen LogP contribution in [0.4, 0.5) is 5.82 Å². The summed E-state index contributed by atoms with van der Waals surface area (Å²) in [4.78, 5) is 12.8. The molecule has 0 bridgehead atoms. The Morgan fingerprint density at radius 1 is 0.960 bits per heavy atom. The van der Waals surface area contributed by atoms with E-state index in [1.807, 2.05) is 30.3 Å². The molecule has 1 N–H and O–H groups in total. The Morgan fingerprint density at radius 3 is 2.56 bits per heavy atom. The third-order valence-electron chi connectivity index (χ3n) is 3.79. The van der Waals surface area contributed by atoms with Crippen molar-refractivity contribution < 1.29 is 9.47 Å². The third-order valence-corrected chi connectivity index (χ3v) is 3.79. The molecule has 3 rings (SSSR count). The number of ether oxygens (including phenoxy) is 2. The van der Waals surface area contributed by atoms with Gasteiger partial charge in [0.1, 0.15) is 17.9 Å². The Balaban J connectivity index is 1.65. The fraction of sp³-hybridized carbons (Fsp3) is 0.211. The van der Waals surface area contributed by atoms with Gasteiger partial charge < -0.3 is 14.8 Å². The van der Waals surface area contributed by atoms with E-state index in [2.05, 4.69) is 32.4 Å². The van der Waals surface area contributed by atoms with E-state index in [0.29, 0.717) is 5.88 Å². The summed E-state index contributed by atoms with van der Waals surface area (Å²) in [7, 11) is 3.27. The van der Waals surface area contributed by atoms with Crippen LogP contribution < -0.4 is 14.8 Å². The molecule has 0 fully saturated rings. The molecule has 25 heavy (non-hydrogen) atoms. The lowest BCUT2D eigenvalue weighted by molar-refractivity contribution is 0.399. The summed E-state index contributed by atoms with van der Waals surface area (Å²) < 4.78 is 10.5. The van der Waals surface area contributed by atoms with Crippen LogP contribution >= 0.6 is 0 Å². The summed E-state index contributed by atoms with van der Waals surface area (Å²) in [5.41, 5.74) is 2.84. The van der Waals surface area contributed by atoms with E-state index in [-0.39, 0.29) is 0 Å². The SMILES string of the molecule is COc1ccc(CCNc2cc(-c3cccnc3OC)ncn2)cc1. The maximum absolute atomic E-state index is 5.30. The molecule has 0 saturated heterocycles. The normalized spacial score (nSPS) is 10.3. The van der Waals surface area contributed by atoms with Crippen LogP contribution in [0.25, 0.3) is 11.3 Å². The summed E-state index contributed by atoms with van der Waals surface area (Å²) >= 11 is 0. The molecule has 0 saturated carbocycles. The van der Waals surface area contributed by atoms with Gasteiger partial charge in [-0.3, -0.25) is 0 Å². The Bertz CT molecular complexity index is 822. The van der Waals surface area contributed by atoms with Crippen LogP contribution in [0.3, 0.4) is 0 Å². The van der Waals surface area contributed by atoms with E-state index >= 15 is 0 Å². The number of rotatable bonds is 7. The number of methoxy groups -OCH3 is 2. The predicted molar refractivity (Wildman–Crippen MR) is 97.0 cm³/mol. The molecule has 1 aromatic carbocycles. The van der Waals surface area contributed by atoms with Crippen molar-refractivity contribution in [3.63, 3.8) is 0 Å². The van der Waals surface area contributed by atoms with Crippen LogP contribution in [-0.2, 0) is 6.42 Å². The van der Waals surface area contributed by atoms with Crippen molar-refractivity contribution in [2.24, 2.45) is 0 Å². The van der Waals surface area contributed by atoms with Gasteiger partial charge in [-0.05, 0) is 36.2 Å². The van der Waals surface area contributed by atoms with E-state index in [1.165, 1.54) is 11.9 Å². The first-order valence-corrected chi connectivity index (χ1v) is 7.98. The summed E-state index contributed by atoms with van der Waals surface area (Å²) in [5.74, 6) is 2.18. The molecule has 0 amide bonds. The molecule has 3 aromatic rings. The van der Waals surface area contributed by atoms with Crippen molar-refractivity contribution in [2.75, 3.05) is 26.1 Å². The van der Waals surface area contributed by atoms with Gasteiger partial charge in [-0.1, -0.05) is 12.1 Å². The van der Waals surface area contributed by atoms with Crippen molar-refractivity contribution >= 4 is 5.82 Å². The van der Waals surface area contributed by atoms with Crippen molar-refractivity contribution in [1.29, 1.82) is 0 Å². The number of anilines is 1. The quantitative estimate of drug-likeness (QED) is 0.714. The monoisotopic (exact) mass is 336 g/mol. The second-order valence-electron chi connectivity index (χ2n) is 5.37. The largest absolute Gasteiger partial charge is 0.497 e. The van der Waals surface area contributed by atoms with Gasteiger partial charge in [0.2, 0.25) is 5.88 Å². The Kier molecular flexibility index (Phi) is 5.41. The van der Waals surface area contributed by atoms with Crippen molar-refractivity contribution in [1.82, 2.24) is 15.0 Å². The smallest absolute Gasteiger partial charge is 0.222 e. The topological polar surface area (TPSA) is 69.2 Å². The van der Waals surface area contributed by atoms with Crippen LogP contribution in [0.5, 0.6) is 11.6 Å². The Labute approximate surface area is 146 Å². The molecule has 0 unspecified atom stereocenters. The van der Waals surface area contributed by atoms with E-state index in [1.54, 1.807) is 20.4 Å². The number of benzene rings is 1. The lowest BCUT2D eigenvalue weighted by Crippen LogP contribution is -2.06. The van der Waals surface area contributed by atoms with E-state index in [9.17, 15) is 0 Å². The predicted octanol–water partition coefficient (Wildman–Crippen LogP) is 3.21. The fourth-order valence-electron chi connectivity index (χ4n) is 2.48. The lowest BCUT2D eigenvalue weighted by Gasteiger charge is -2.09. The minimum absolute atomic E-state index is 0.547. The molecule has 0 aliphatic carbocycles. The number of nitrogens with one attached hydrogen (secondary N) is 1. The first-order valence-electron chi connectivity index (χ1n) is 7.98. The molecule has 6 heteroatoms. The van der Waals surface area contributed by atoms with Crippen LogP contribution in [0.15, 0.2) is 55.0 Å². The minimum Gasteiger partial charge on any atom is -0.497 e. The van der Waals surface area contributed by atoms with Crippen LogP contribution in [0.1, 0.15) is 5.56 Å². The standard InChI is InChI=1S/C19H20N4O2/c1-24-15-7-5-14(6-8-15)9-11-20-18-12-17(22-13-23-18)16-4-3-10-21-19(16)25-2/h3-8,10,12-13H,9,11H2,1-2H3,(H,20,22,23). The molecular formula is C19H20N4O2. The molecule has 2 aromatic heterocycles. The Hall–Kier alpha value is -3.15. The Morgan fingerprint density at radius 2 is 1.80 bits per heavy atom. The number of nitrogens with zero attached hydrogens (tertiary/aromatic N) is 3. The van der Waals surface area contributed by atoms with Crippen molar-refractivity contribution in [2.45, 2.75) is 6.42 Å². The molecule has 0 aliphatic rings. The van der Waals surface area contributed by atoms with Gasteiger partial charge in [0.25, 0.3) is 0 Å². The van der Waals surface area contributed by atoms with Gasteiger partial charge in [0.05, 0.1) is 25.5 Å². The zero-order valence-corrected chi connectivity index (χ0v) is 14.3. The molecule has 0 spiro atoms. The molecule has 0 aliphatic heterocycles. The highest BCUT2D eigenvalue weighted by molar-refractivity contribution is 5.66. The van der Waals surface area contributed by atoms with Crippen LogP contribution in [-0.4, -0.2) is 35.7 Å². The maximum atomic E-state index is 5.30. The molecule has 2 heterocycles. The second-order valence-corrected chi connectivity index (χ2v) is 5.37. The minimum atomic E-state index is 0.547. The zero-order chi connectivity index (χ0) is 17.5. The molecular weight excluding hydrogens is 316 g/mol. The third kappa shape index (κ3) is 4.23. The summed E-state index contributed by atoms with van der Waals surface area (Å²) in [6, 6.07) is 13.7. The highest BCUT2D eigenvalue weighted by Crippen LogP contribution is 2.26. The van der Waals surface area contributed by atoms with Gasteiger partial charge >= 0.3 is 0 Å². The fourth-order valence-corrected chi connectivity index (χ4v) is 2.48. The van der Waals surface area contributed by atoms with Gasteiger partial charge in [0, 0.05) is 18.8 Å². The highest BCUT2D eigenvalue weighted by atomic mass is 16.5. The number of hydrogen-bond donors (Lipinski definition) is 1. The molecule has 0 radical (unpaired) electrons. The van der Waals surface area contributed by atoms with E-state index in [0.717, 1.165) is 35.8 Å². The van der Waals surface area contributed by atoms with Gasteiger partial charge in [-0.15, -0.1) is 0 Å². The van der Waals surface area contributed by atoms with Gasteiger partial charge in [0.15, 0.2) is 0 Å². The highest BCUT2D eigenvalue weighted by Gasteiger charge is 2.08. The first-order chi connectivity index (χ1) is 12.3. The summed E-state index contributed by atoms with van der Waals surface area (Å²) in [5, 5.41) is 3.33. The lowest BCUT2D eigenvalue weighted by atomic mass is 10.1. The summed E-state index contributed by atoms with van der Waals surface area (Å²) in [6.07, 6.45) is 4.12. The maximum Gasteiger partial charge on any atom is 0.222 e. The zero-order valence-electron chi connectivity index (χ0n) is 14.3. The van der Waals surface area contributed by atoms with Gasteiger partial charge in [-0.25, -0.2) is 15.0 Å². The van der Waals surface area contributed by atoms with Crippen molar-refractivity contribution in [3.8, 4) is 22.9 Å². The average molecular weight is 336 g/mol. The number of pyridine rings is 1. The molecule has 0 atom stereocenters. The van der Waals surface area contributed by atoms with Crippen LogP contribution in [0, 0.1) is 0 Å². The second kappa shape index (κ2) is 8.10. The average Bonchev–Trinajstić information content (AvgIpc) is 2.69. The number of hydrogen-bond acceptors (Lipinski definition) is 6. The number of aromatic nitrogens is 3. The molecule has 128 valence electrons. The van der Waals surface area contributed by atoms with Crippen LogP contribution in [0.2, 0.25) is 0 Å². The van der Waals surface area contributed by atoms with Gasteiger partial charge in [-0.2, -0.15) is 0 Å². The molecule has 6 nitrogen and oxygen atoms in total. The van der Waals surface area contributed by atoms with E-state index in [4.69, 9.17) is 9.47 Å². The first kappa shape index (κ1) is 16.7. The summed E-state index contributed by atoms with van der Waals surface area (Å²) in [6.45, 7) is 0.771.